The topological polar surface area (TPSA) is 105 Å². The van der Waals surface area contributed by atoms with Crippen molar-refractivity contribution in [2.75, 3.05) is 25.0 Å². The SMILES string of the molecule is O=C(NCC1CCCNC1)c1cc(Cl)c(C(=O)n2ccc3c(NC(=O)C4CC4)nccc32)c(Cl)c1. The predicted octanol–water partition coefficient (Wildman–Crippen LogP) is 4.11. The minimum absolute atomic E-state index is 0.0310. The third-order valence-electron chi connectivity index (χ3n) is 6.49. The smallest absolute Gasteiger partial charge is 0.265 e. The van der Waals surface area contributed by atoms with E-state index >= 15 is 0 Å². The molecule has 35 heavy (non-hydrogen) atoms. The molecule has 1 unspecified atom stereocenters. The maximum absolute atomic E-state index is 13.4. The summed E-state index contributed by atoms with van der Waals surface area (Å²) in [5, 5.41) is 9.91. The highest BCUT2D eigenvalue weighted by atomic mass is 35.5. The van der Waals surface area contributed by atoms with Gasteiger partial charge >= 0.3 is 0 Å². The molecular weight excluding hydrogens is 489 g/mol. The molecule has 1 aliphatic carbocycles. The fraction of sp³-hybridized carbons (Fsp3) is 0.360. The van der Waals surface area contributed by atoms with E-state index in [4.69, 9.17) is 23.2 Å². The number of fused-ring (bicyclic) bond motifs is 1. The van der Waals surface area contributed by atoms with Gasteiger partial charge in [0, 0.05) is 35.8 Å². The van der Waals surface area contributed by atoms with Gasteiger partial charge in [-0.05, 0) is 69.0 Å². The van der Waals surface area contributed by atoms with Crippen LogP contribution in [0.3, 0.4) is 0 Å². The Morgan fingerprint density at radius 1 is 1.11 bits per heavy atom. The second kappa shape index (κ2) is 9.97. The molecule has 0 spiro atoms. The monoisotopic (exact) mass is 513 g/mol. The van der Waals surface area contributed by atoms with Gasteiger partial charge in [0.2, 0.25) is 5.91 Å². The molecule has 3 heterocycles. The molecule has 2 amide bonds. The number of nitrogens with zero attached hydrogens (tertiary/aromatic N) is 2. The number of carbonyl (C=O) groups excluding carboxylic acids is 3. The zero-order chi connectivity index (χ0) is 24.5. The van der Waals surface area contributed by atoms with Crippen LogP contribution in [0.15, 0.2) is 36.7 Å². The Morgan fingerprint density at radius 3 is 2.57 bits per heavy atom. The Kier molecular flexibility index (Phi) is 6.77. The van der Waals surface area contributed by atoms with E-state index in [1.165, 1.54) is 22.9 Å². The van der Waals surface area contributed by atoms with Gasteiger partial charge < -0.3 is 16.0 Å². The Bertz CT molecular complexity index is 1290. The molecule has 182 valence electrons. The molecule has 3 N–H and O–H groups in total. The molecule has 5 rings (SSSR count). The van der Waals surface area contributed by atoms with Crippen LogP contribution in [0.4, 0.5) is 5.82 Å². The van der Waals surface area contributed by atoms with Crippen molar-refractivity contribution in [2.45, 2.75) is 25.7 Å². The van der Waals surface area contributed by atoms with Gasteiger partial charge in [0.05, 0.1) is 21.1 Å². The van der Waals surface area contributed by atoms with Gasteiger partial charge in [-0.15, -0.1) is 0 Å². The summed E-state index contributed by atoms with van der Waals surface area (Å²) >= 11 is 12.9. The highest BCUT2D eigenvalue weighted by Gasteiger charge is 2.30. The van der Waals surface area contributed by atoms with Gasteiger partial charge in [-0.25, -0.2) is 4.98 Å². The van der Waals surface area contributed by atoms with Crippen LogP contribution in [0, 0.1) is 11.8 Å². The van der Waals surface area contributed by atoms with Crippen molar-refractivity contribution in [3.8, 4) is 0 Å². The summed E-state index contributed by atoms with van der Waals surface area (Å²) in [5.74, 6) is 0.0262. The number of halogens is 2. The van der Waals surface area contributed by atoms with E-state index in [-0.39, 0.29) is 33.3 Å². The zero-order valence-electron chi connectivity index (χ0n) is 18.9. The summed E-state index contributed by atoms with van der Waals surface area (Å²) in [6.45, 7) is 2.45. The number of anilines is 1. The molecule has 2 aliphatic rings. The first-order valence-corrected chi connectivity index (χ1v) is 12.5. The van der Waals surface area contributed by atoms with Crippen LogP contribution in [-0.2, 0) is 4.79 Å². The lowest BCUT2D eigenvalue weighted by Crippen LogP contribution is -2.38. The van der Waals surface area contributed by atoms with E-state index in [9.17, 15) is 14.4 Å². The van der Waals surface area contributed by atoms with E-state index < -0.39 is 5.91 Å². The van der Waals surface area contributed by atoms with Crippen molar-refractivity contribution in [3.63, 3.8) is 0 Å². The molecule has 0 bridgehead atoms. The second-order valence-corrected chi connectivity index (χ2v) is 9.90. The minimum Gasteiger partial charge on any atom is -0.352 e. The van der Waals surface area contributed by atoms with Crippen molar-refractivity contribution >= 4 is 57.6 Å². The lowest BCUT2D eigenvalue weighted by Gasteiger charge is -2.23. The number of hydrogen-bond donors (Lipinski definition) is 3. The Morgan fingerprint density at radius 2 is 1.89 bits per heavy atom. The van der Waals surface area contributed by atoms with Gasteiger partial charge in [-0.1, -0.05) is 23.2 Å². The van der Waals surface area contributed by atoms with Gasteiger partial charge in [0.1, 0.15) is 5.82 Å². The average molecular weight is 514 g/mol. The zero-order valence-corrected chi connectivity index (χ0v) is 20.5. The summed E-state index contributed by atoms with van der Waals surface area (Å²) < 4.78 is 1.41. The third kappa shape index (κ3) is 5.05. The Hall–Kier alpha value is -2.94. The molecule has 1 aromatic carbocycles. The van der Waals surface area contributed by atoms with Crippen molar-refractivity contribution in [1.29, 1.82) is 0 Å². The highest BCUT2D eigenvalue weighted by Crippen LogP contribution is 2.32. The van der Waals surface area contributed by atoms with Crippen molar-refractivity contribution in [2.24, 2.45) is 11.8 Å². The first-order chi connectivity index (χ1) is 16.9. The van der Waals surface area contributed by atoms with Crippen LogP contribution < -0.4 is 16.0 Å². The first-order valence-electron chi connectivity index (χ1n) is 11.7. The van der Waals surface area contributed by atoms with E-state index in [0.29, 0.717) is 34.7 Å². The van der Waals surface area contributed by atoms with Gasteiger partial charge in [-0.3, -0.25) is 19.0 Å². The number of hydrogen-bond acceptors (Lipinski definition) is 5. The van der Waals surface area contributed by atoms with Crippen molar-refractivity contribution in [1.82, 2.24) is 20.2 Å². The largest absolute Gasteiger partial charge is 0.352 e. The molecular formula is C25H25Cl2N5O3. The fourth-order valence-corrected chi connectivity index (χ4v) is 5.02. The molecule has 3 aromatic rings. The summed E-state index contributed by atoms with van der Waals surface area (Å²) in [4.78, 5) is 42.5. The highest BCUT2D eigenvalue weighted by molar-refractivity contribution is 6.40. The van der Waals surface area contributed by atoms with E-state index in [1.807, 2.05) is 0 Å². The summed E-state index contributed by atoms with van der Waals surface area (Å²) in [7, 11) is 0. The minimum atomic E-state index is -0.444. The van der Waals surface area contributed by atoms with Crippen LogP contribution in [-0.4, -0.2) is 46.9 Å². The normalized spacial score (nSPS) is 17.8. The quantitative estimate of drug-likeness (QED) is 0.459. The second-order valence-electron chi connectivity index (χ2n) is 9.08. The number of carbonyl (C=O) groups is 3. The maximum atomic E-state index is 13.4. The molecule has 2 fully saturated rings. The summed E-state index contributed by atoms with van der Waals surface area (Å²) in [6, 6.07) is 6.32. The number of rotatable bonds is 6. The molecule has 1 saturated carbocycles. The molecule has 10 heteroatoms. The van der Waals surface area contributed by atoms with Crippen molar-refractivity contribution in [3.05, 3.63) is 57.8 Å². The molecule has 2 aromatic heterocycles. The van der Waals surface area contributed by atoms with Crippen LogP contribution in [0.2, 0.25) is 10.0 Å². The van der Waals surface area contributed by atoms with E-state index in [1.54, 1.807) is 18.3 Å². The Balaban J connectivity index is 1.36. The van der Waals surface area contributed by atoms with Crippen LogP contribution in [0.25, 0.3) is 10.9 Å². The number of pyridine rings is 1. The number of amides is 2. The molecule has 0 radical (unpaired) electrons. The number of piperidine rings is 1. The van der Waals surface area contributed by atoms with E-state index in [0.717, 1.165) is 38.8 Å². The fourth-order valence-electron chi connectivity index (χ4n) is 4.37. The first kappa shape index (κ1) is 23.8. The average Bonchev–Trinajstić information content (AvgIpc) is 3.61. The van der Waals surface area contributed by atoms with Gasteiger partial charge in [-0.2, -0.15) is 0 Å². The van der Waals surface area contributed by atoms with Crippen LogP contribution in [0.1, 0.15) is 46.4 Å². The van der Waals surface area contributed by atoms with Gasteiger partial charge in [0.15, 0.2) is 0 Å². The van der Waals surface area contributed by atoms with Crippen molar-refractivity contribution < 1.29 is 14.4 Å². The molecule has 1 saturated heterocycles. The van der Waals surface area contributed by atoms with Crippen LogP contribution >= 0.6 is 23.2 Å². The number of aromatic nitrogens is 2. The number of nitrogens with one attached hydrogen (secondary N) is 3. The lowest BCUT2D eigenvalue weighted by molar-refractivity contribution is -0.117. The third-order valence-corrected chi connectivity index (χ3v) is 7.09. The summed E-state index contributed by atoms with van der Waals surface area (Å²) in [6.07, 6.45) is 7.04. The molecule has 8 nitrogen and oxygen atoms in total. The van der Waals surface area contributed by atoms with Gasteiger partial charge in [0.25, 0.3) is 11.8 Å². The van der Waals surface area contributed by atoms with E-state index in [2.05, 4.69) is 20.9 Å². The standard InChI is InChI=1S/C25H25Cl2N5O3/c26-18-10-16(23(33)30-13-14-2-1-7-28-12-14)11-19(27)21(18)25(35)32-9-6-17-20(32)5-8-29-22(17)31-24(34)15-3-4-15/h5-6,8-11,14-15,28H,1-4,7,12-13H2,(H,30,33)(H,29,31,34). The maximum Gasteiger partial charge on any atom is 0.265 e. The number of benzene rings is 1. The predicted molar refractivity (Wildman–Crippen MR) is 135 cm³/mol. The van der Waals surface area contributed by atoms with Crippen LogP contribution in [0.5, 0.6) is 0 Å². The lowest BCUT2D eigenvalue weighted by atomic mass is 9.99. The molecule has 1 atom stereocenters. The summed E-state index contributed by atoms with van der Waals surface area (Å²) in [5.41, 5.74) is 0.956. The molecule has 1 aliphatic heterocycles. The Labute approximate surface area is 212 Å².